The Kier molecular flexibility index (Phi) is 9.05. The molecule has 0 aliphatic heterocycles. The Morgan fingerprint density at radius 2 is 1.58 bits per heavy atom. The van der Waals surface area contributed by atoms with Gasteiger partial charge in [-0.3, -0.25) is 0 Å². The molecule has 31 heavy (non-hydrogen) atoms. The number of halogens is 4. The summed E-state index contributed by atoms with van der Waals surface area (Å²) in [6, 6.07) is 2.95. The van der Waals surface area contributed by atoms with E-state index in [0.29, 0.717) is 25.7 Å². The molecule has 2 saturated carbocycles. The monoisotopic (exact) mass is 434 g/mol. The van der Waals surface area contributed by atoms with Gasteiger partial charge in [-0.15, -0.1) is 0 Å². The number of hydrogen-bond acceptors (Lipinski definition) is 0. The fourth-order valence-corrected chi connectivity index (χ4v) is 5.20. The van der Waals surface area contributed by atoms with Crippen molar-refractivity contribution in [2.75, 3.05) is 0 Å². The molecule has 0 nitrogen and oxygen atoms in total. The van der Waals surface area contributed by atoms with Crippen LogP contribution in [0.4, 0.5) is 17.6 Å². The third-order valence-corrected chi connectivity index (χ3v) is 7.13. The van der Waals surface area contributed by atoms with Gasteiger partial charge in [0.2, 0.25) is 0 Å². The molecule has 2 fully saturated rings. The Bertz CT molecular complexity index is 773. The van der Waals surface area contributed by atoms with E-state index in [4.69, 9.17) is 0 Å². The quantitative estimate of drug-likeness (QED) is 0.238. The molecule has 2 aliphatic carbocycles. The van der Waals surface area contributed by atoms with Gasteiger partial charge in [0.15, 0.2) is 0 Å². The van der Waals surface area contributed by atoms with Crippen LogP contribution >= 0.6 is 0 Å². The molecule has 0 bridgehead atoms. The van der Waals surface area contributed by atoms with Crippen molar-refractivity contribution in [2.24, 2.45) is 17.8 Å². The van der Waals surface area contributed by atoms with Crippen LogP contribution in [-0.4, -0.2) is 0 Å². The third kappa shape index (κ3) is 7.13. The maximum absolute atomic E-state index is 14.7. The lowest BCUT2D eigenvalue weighted by molar-refractivity contribution is 0.302. The minimum Gasteiger partial charge on any atom is -0.206 e. The number of hydrogen-bond donors (Lipinski definition) is 0. The summed E-state index contributed by atoms with van der Waals surface area (Å²) in [5.41, 5.74) is 0.599. The van der Waals surface area contributed by atoms with Crippen molar-refractivity contribution in [3.8, 4) is 11.8 Å². The van der Waals surface area contributed by atoms with Gasteiger partial charge in [0.1, 0.15) is 11.6 Å². The van der Waals surface area contributed by atoms with Crippen molar-refractivity contribution in [3.63, 3.8) is 0 Å². The van der Waals surface area contributed by atoms with Gasteiger partial charge in [0.25, 0.3) is 6.08 Å². The molecule has 0 N–H and O–H groups in total. The van der Waals surface area contributed by atoms with Crippen molar-refractivity contribution >= 4 is 0 Å². The molecule has 4 heteroatoms. The summed E-state index contributed by atoms with van der Waals surface area (Å²) in [5.74, 6) is 5.42. The van der Waals surface area contributed by atoms with Crippen molar-refractivity contribution in [1.29, 1.82) is 0 Å². The normalized spacial score (nSPS) is 26.1. The van der Waals surface area contributed by atoms with Gasteiger partial charge in [-0.25, -0.2) is 8.78 Å². The first-order valence-corrected chi connectivity index (χ1v) is 12.0. The predicted molar refractivity (Wildman–Crippen MR) is 118 cm³/mol. The maximum atomic E-state index is 14.7. The van der Waals surface area contributed by atoms with Crippen LogP contribution in [0.2, 0.25) is 0 Å². The number of allylic oxidation sites excluding steroid dienone is 1. The summed E-state index contributed by atoms with van der Waals surface area (Å²) < 4.78 is 54.1. The van der Waals surface area contributed by atoms with E-state index in [-0.39, 0.29) is 23.3 Å². The fraction of sp³-hybridized carbons (Fsp3) is 0.630. The molecule has 0 radical (unpaired) electrons. The highest BCUT2D eigenvalue weighted by Crippen LogP contribution is 2.38. The predicted octanol–water partition coefficient (Wildman–Crippen LogP) is 8.76. The lowest BCUT2D eigenvalue weighted by atomic mass is 9.77. The van der Waals surface area contributed by atoms with Crippen LogP contribution in [0.5, 0.6) is 0 Å². The number of rotatable bonds is 6. The minimum absolute atomic E-state index is 0.00813. The van der Waals surface area contributed by atoms with E-state index in [1.165, 1.54) is 37.8 Å². The molecule has 0 atom stereocenters. The number of benzene rings is 1. The molecule has 0 heterocycles. The smallest absolute Gasteiger partial charge is 0.206 e. The molecule has 0 saturated heterocycles. The molecule has 1 aromatic carbocycles. The molecule has 0 amide bonds. The molecule has 170 valence electrons. The highest BCUT2D eigenvalue weighted by Gasteiger charge is 2.24. The average molecular weight is 435 g/mol. The highest BCUT2D eigenvalue weighted by atomic mass is 19.3. The van der Waals surface area contributed by atoms with Gasteiger partial charge in [0.05, 0.1) is 5.56 Å². The van der Waals surface area contributed by atoms with Gasteiger partial charge in [-0.1, -0.05) is 44.4 Å². The van der Waals surface area contributed by atoms with Crippen LogP contribution in [0.25, 0.3) is 0 Å². The van der Waals surface area contributed by atoms with Crippen molar-refractivity contribution in [3.05, 3.63) is 47.1 Å². The molecule has 0 unspecified atom stereocenters. The fourth-order valence-electron chi connectivity index (χ4n) is 5.20. The second kappa shape index (κ2) is 11.7. The SMILES string of the molecule is CCCCC[C@H]1CC[C@H](c2cc(F)c(C#CC3CCC(C=C(F)F)CC3)c(F)c2)CC1. The first kappa shape index (κ1) is 23.9. The lowest BCUT2D eigenvalue weighted by Crippen LogP contribution is -2.14. The van der Waals surface area contributed by atoms with Gasteiger partial charge >= 0.3 is 0 Å². The standard InChI is InChI=1S/C27H34F4/c1-2-3-4-5-19-10-13-22(14-11-19)23-17-25(28)24(26(29)18-23)15-12-20-6-8-21(9-7-20)16-27(30)31/h16-22H,2-11,13-14H2,1H3/t19-,20?,21?,22-. The van der Waals surface area contributed by atoms with Gasteiger partial charge in [-0.05, 0) is 92.9 Å². The Hall–Kier alpha value is -1.76. The van der Waals surface area contributed by atoms with Crippen LogP contribution in [-0.2, 0) is 0 Å². The summed E-state index contributed by atoms with van der Waals surface area (Å²) in [4.78, 5) is 0. The van der Waals surface area contributed by atoms with E-state index in [1.54, 1.807) is 0 Å². The molecular formula is C27H34F4. The van der Waals surface area contributed by atoms with Crippen LogP contribution < -0.4 is 0 Å². The summed E-state index contributed by atoms with van der Waals surface area (Å²) in [6.45, 7) is 2.22. The number of unbranched alkanes of at least 4 members (excludes halogenated alkanes) is 2. The Balaban J connectivity index is 1.57. The van der Waals surface area contributed by atoms with Gasteiger partial charge in [-0.2, -0.15) is 8.78 Å². The van der Waals surface area contributed by atoms with E-state index in [0.717, 1.165) is 43.2 Å². The maximum Gasteiger partial charge on any atom is 0.266 e. The highest BCUT2D eigenvalue weighted by molar-refractivity contribution is 5.40. The second-order valence-corrected chi connectivity index (χ2v) is 9.41. The van der Waals surface area contributed by atoms with Crippen LogP contribution in [0.15, 0.2) is 24.3 Å². The topological polar surface area (TPSA) is 0 Å². The van der Waals surface area contributed by atoms with Crippen molar-refractivity contribution < 1.29 is 17.6 Å². The Morgan fingerprint density at radius 1 is 0.935 bits per heavy atom. The molecule has 0 spiro atoms. The van der Waals surface area contributed by atoms with Crippen molar-refractivity contribution in [2.45, 2.75) is 89.9 Å². The van der Waals surface area contributed by atoms with Gasteiger partial charge in [0, 0.05) is 5.92 Å². The Morgan fingerprint density at radius 3 is 2.16 bits per heavy atom. The summed E-state index contributed by atoms with van der Waals surface area (Å²) in [5, 5.41) is 0. The molecule has 1 aromatic rings. The van der Waals surface area contributed by atoms with E-state index in [9.17, 15) is 17.6 Å². The first-order valence-electron chi connectivity index (χ1n) is 12.0. The molecule has 0 aromatic heterocycles. The minimum atomic E-state index is -1.64. The first-order chi connectivity index (χ1) is 15.0. The summed E-state index contributed by atoms with van der Waals surface area (Å²) in [7, 11) is 0. The van der Waals surface area contributed by atoms with Crippen LogP contribution in [0.1, 0.15) is 101 Å². The second-order valence-electron chi connectivity index (χ2n) is 9.41. The third-order valence-electron chi connectivity index (χ3n) is 7.13. The van der Waals surface area contributed by atoms with E-state index in [1.807, 2.05) is 0 Å². The molecule has 3 rings (SSSR count). The van der Waals surface area contributed by atoms with E-state index >= 15 is 0 Å². The molecular weight excluding hydrogens is 400 g/mol. The van der Waals surface area contributed by atoms with Crippen molar-refractivity contribution in [1.82, 2.24) is 0 Å². The zero-order valence-corrected chi connectivity index (χ0v) is 18.5. The molecule has 2 aliphatic rings. The zero-order chi connectivity index (χ0) is 22.2. The van der Waals surface area contributed by atoms with Gasteiger partial charge < -0.3 is 0 Å². The van der Waals surface area contributed by atoms with E-state index in [2.05, 4.69) is 18.8 Å². The summed E-state index contributed by atoms with van der Waals surface area (Å²) in [6.07, 6.45) is 11.4. The summed E-state index contributed by atoms with van der Waals surface area (Å²) >= 11 is 0. The lowest BCUT2D eigenvalue weighted by Gasteiger charge is -2.29. The van der Waals surface area contributed by atoms with E-state index < -0.39 is 17.7 Å². The Labute approximate surface area is 184 Å². The zero-order valence-electron chi connectivity index (χ0n) is 18.5. The average Bonchev–Trinajstić information content (AvgIpc) is 2.74. The largest absolute Gasteiger partial charge is 0.266 e. The van der Waals surface area contributed by atoms with Crippen LogP contribution in [0, 0.1) is 41.2 Å². The van der Waals surface area contributed by atoms with Crippen LogP contribution in [0.3, 0.4) is 0 Å².